The molecule has 2 bridgehead atoms. The van der Waals surface area contributed by atoms with E-state index in [0.29, 0.717) is 18.1 Å². The van der Waals surface area contributed by atoms with Gasteiger partial charge in [-0.1, -0.05) is 13.8 Å². The second-order valence-corrected chi connectivity index (χ2v) is 8.11. The Balaban J connectivity index is 1.72. The average molecular weight is 308 g/mol. The summed E-state index contributed by atoms with van der Waals surface area (Å²) in [5.41, 5.74) is -0.397. The van der Waals surface area contributed by atoms with Crippen LogP contribution in [0.15, 0.2) is 0 Å². The molecule has 2 heterocycles. The van der Waals surface area contributed by atoms with Crippen molar-refractivity contribution in [2.45, 2.75) is 65.1 Å². The Hall–Kier alpha value is -1.10. The molecule has 22 heavy (non-hydrogen) atoms. The fraction of sp³-hybridized carbons (Fsp3) is 0.882. The molecule has 2 unspecified atom stereocenters. The Kier molecular flexibility index (Phi) is 3.75. The number of nitrogens with zero attached hydrogens (tertiary/aromatic N) is 2. The molecule has 124 valence electrons. The van der Waals surface area contributed by atoms with Crippen molar-refractivity contribution in [3.8, 4) is 0 Å². The topological polar surface area (TPSA) is 60.9 Å². The van der Waals surface area contributed by atoms with Crippen molar-refractivity contribution < 1.29 is 14.7 Å². The number of likely N-dealkylation sites (tertiary alicyclic amines) is 1. The highest BCUT2D eigenvalue weighted by atomic mass is 16.4. The number of carboxylic acids is 1. The smallest absolute Gasteiger partial charge is 0.307 e. The van der Waals surface area contributed by atoms with Crippen LogP contribution < -0.4 is 0 Å². The second-order valence-electron chi connectivity index (χ2n) is 8.11. The van der Waals surface area contributed by atoms with Gasteiger partial charge in [0.1, 0.15) is 0 Å². The fourth-order valence-electron chi connectivity index (χ4n) is 4.91. The van der Waals surface area contributed by atoms with Crippen molar-refractivity contribution in [3.05, 3.63) is 0 Å². The highest BCUT2D eigenvalue weighted by Gasteiger charge is 2.66. The van der Waals surface area contributed by atoms with Gasteiger partial charge in [-0.25, -0.2) is 0 Å². The van der Waals surface area contributed by atoms with Gasteiger partial charge in [-0.15, -0.1) is 0 Å². The molecule has 4 atom stereocenters. The van der Waals surface area contributed by atoms with Gasteiger partial charge in [-0.2, -0.15) is 0 Å². The lowest BCUT2D eigenvalue weighted by Gasteiger charge is -2.32. The lowest BCUT2D eigenvalue weighted by molar-refractivity contribution is -0.142. The van der Waals surface area contributed by atoms with Crippen LogP contribution in [0.25, 0.3) is 0 Å². The quantitative estimate of drug-likeness (QED) is 0.864. The number of fused-ring (bicyclic) bond motifs is 2. The average Bonchev–Trinajstić information content (AvgIpc) is 2.83. The van der Waals surface area contributed by atoms with Crippen LogP contribution >= 0.6 is 0 Å². The molecule has 1 amide bonds. The van der Waals surface area contributed by atoms with Crippen molar-refractivity contribution in [2.75, 3.05) is 13.1 Å². The van der Waals surface area contributed by atoms with E-state index in [4.69, 9.17) is 0 Å². The summed E-state index contributed by atoms with van der Waals surface area (Å²) in [6.45, 7) is 9.81. The predicted octanol–water partition coefficient (Wildman–Crippen LogP) is 1.82. The van der Waals surface area contributed by atoms with E-state index in [-0.39, 0.29) is 11.8 Å². The summed E-state index contributed by atoms with van der Waals surface area (Å²) in [7, 11) is 0. The van der Waals surface area contributed by atoms with Gasteiger partial charge < -0.3 is 10.0 Å². The lowest BCUT2D eigenvalue weighted by Crippen LogP contribution is -2.44. The molecule has 0 radical (unpaired) electrons. The number of rotatable bonds is 3. The highest BCUT2D eigenvalue weighted by Crippen LogP contribution is 2.59. The molecule has 5 nitrogen and oxygen atoms in total. The molecular formula is C17H28N2O3. The number of carbonyl (C=O) groups excluding carboxylic acids is 1. The third kappa shape index (κ3) is 2.34. The van der Waals surface area contributed by atoms with Crippen LogP contribution in [0.1, 0.15) is 47.0 Å². The summed E-state index contributed by atoms with van der Waals surface area (Å²) in [6, 6.07) is 1.54. The highest BCUT2D eigenvalue weighted by molar-refractivity contribution is 5.91. The van der Waals surface area contributed by atoms with Gasteiger partial charge in [-0.3, -0.25) is 14.5 Å². The maximum atomic E-state index is 12.8. The van der Waals surface area contributed by atoms with Crippen molar-refractivity contribution in [3.63, 3.8) is 0 Å². The van der Waals surface area contributed by atoms with E-state index in [9.17, 15) is 14.7 Å². The molecule has 2 saturated heterocycles. The zero-order valence-electron chi connectivity index (χ0n) is 14.1. The van der Waals surface area contributed by atoms with Crippen molar-refractivity contribution in [1.82, 2.24) is 9.80 Å². The van der Waals surface area contributed by atoms with E-state index in [1.165, 1.54) is 6.42 Å². The van der Waals surface area contributed by atoms with Gasteiger partial charge in [0, 0.05) is 31.2 Å². The molecule has 3 fully saturated rings. The summed E-state index contributed by atoms with van der Waals surface area (Å²) in [5.74, 6) is -1.62. The lowest BCUT2D eigenvalue weighted by atomic mass is 10.1. The largest absolute Gasteiger partial charge is 0.481 e. The first-order valence-electron chi connectivity index (χ1n) is 8.54. The Morgan fingerprint density at radius 1 is 1.09 bits per heavy atom. The van der Waals surface area contributed by atoms with Crippen molar-refractivity contribution in [2.24, 2.45) is 17.3 Å². The Labute approximate surface area is 132 Å². The first-order chi connectivity index (χ1) is 10.2. The first kappa shape index (κ1) is 15.8. The van der Waals surface area contributed by atoms with E-state index in [1.54, 1.807) is 0 Å². The van der Waals surface area contributed by atoms with E-state index in [0.717, 1.165) is 25.9 Å². The molecule has 0 spiro atoms. The molecule has 5 heteroatoms. The van der Waals surface area contributed by atoms with Gasteiger partial charge in [0.2, 0.25) is 5.91 Å². The molecule has 2 aliphatic heterocycles. The number of carboxylic acid groups (broad SMARTS) is 1. The van der Waals surface area contributed by atoms with E-state index in [1.807, 2.05) is 18.7 Å². The molecule has 0 aromatic rings. The third-order valence-corrected chi connectivity index (χ3v) is 6.11. The maximum absolute atomic E-state index is 12.8. The standard InChI is InChI=1S/C17H28N2O3/c1-10(2)19-11-5-6-12(19)9-18(8-7-11)15(20)13-14(16(21)22)17(13,3)4/h10-14H,5-9H2,1-4H3,(H,21,22)/t11?,12?,13-,14+/m0/s1. The number of amides is 1. The minimum atomic E-state index is -0.830. The molecule has 3 aliphatic rings. The van der Waals surface area contributed by atoms with Crippen LogP contribution in [0.2, 0.25) is 0 Å². The summed E-state index contributed by atoms with van der Waals surface area (Å²) >= 11 is 0. The maximum Gasteiger partial charge on any atom is 0.307 e. The number of aliphatic carboxylic acids is 1. The van der Waals surface area contributed by atoms with Gasteiger partial charge in [0.15, 0.2) is 0 Å². The van der Waals surface area contributed by atoms with E-state index in [2.05, 4.69) is 18.7 Å². The minimum Gasteiger partial charge on any atom is -0.481 e. The van der Waals surface area contributed by atoms with Crippen LogP contribution in [0.3, 0.4) is 0 Å². The number of carbonyl (C=O) groups is 2. The molecular weight excluding hydrogens is 280 g/mol. The number of hydrogen-bond donors (Lipinski definition) is 1. The summed E-state index contributed by atoms with van der Waals surface area (Å²) in [5, 5.41) is 9.30. The van der Waals surface area contributed by atoms with Crippen LogP contribution in [0.4, 0.5) is 0 Å². The Morgan fingerprint density at radius 3 is 2.27 bits per heavy atom. The van der Waals surface area contributed by atoms with Gasteiger partial charge in [-0.05, 0) is 38.5 Å². The van der Waals surface area contributed by atoms with Gasteiger partial charge in [0.05, 0.1) is 11.8 Å². The zero-order valence-corrected chi connectivity index (χ0v) is 14.1. The molecule has 1 aliphatic carbocycles. The van der Waals surface area contributed by atoms with Crippen molar-refractivity contribution in [1.29, 1.82) is 0 Å². The van der Waals surface area contributed by atoms with Crippen molar-refractivity contribution >= 4 is 11.9 Å². The van der Waals surface area contributed by atoms with Gasteiger partial charge in [0.25, 0.3) is 0 Å². The third-order valence-electron chi connectivity index (χ3n) is 6.11. The Bertz CT molecular complexity index is 488. The van der Waals surface area contributed by atoms with Crippen LogP contribution in [0, 0.1) is 17.3 Å². The number of hydrogen-bond acceptors (Lipinski definition) is 3. The first-order valence-corrected chi connectivity index (χ1v) is 8.54. The molecule has 1 saturated carbocycles. The van der Waals surface area contributed by atoms with E-state index < -0.39 is 17.3 Å². The normalized spacial score (nSPS) is 37.2. The van der Waals surface area contributed by atoms with Crippen LogP contribution in [-0.4, -0.2) is 58.0 Å². The van der Waals surface area contributed by atoms with Crippen LogP contribution in [0.5, 0.6) is 0 Å². The zero-order chi connectivity index (χ0) is 16.2. The SMILES string of the molecule is CC(C)N1C2CCC1CN(C(=O)[C@@H]1[C@H](C(=O)O)C1(C)C)CC2. The fourth-order valence-corrected chi connectivity index (χ4v) is 4.91. The second kappa shape index (κ2) is 5.22. The van der Waals surface area contributed by atoms with E-state index >= 15 is 0 Å². The minimum absolute atomic E-state index is 0.0636. The molecule has 0 aromatic carbocycles. The monoisotopic (exact) mass is 308 g/mol. The molecule has 3 rings (SSSR count). The van der Waals surface area contributed by atoms with Crippen LogP contribution in [-0.2, 0) is 9.59 Å². The molecule has 0 aromatic heterocycles. The molecule has 1 N–H and O–H groups in total. The summed E-state index contributed by atoms with van der Waals surface area (Å²) < 4.78 is 0. The summed E-state index contributed by atoms with van der Waals surface area (Å²) in [4.78, 5) is 28.7. The summed E-state index contributed by atoms with van der Waals surface area (Å²) in [6.07, 6.45) is 3.41. The Morgan fingerprint density at radius 2 is 1.73 bits per heavy atom. The van der Waals surface area contributed by atoms with Gasteiger partial charge >= 0.3 is 5.97 Å². The predicted molar refractivity (Wildman–Crippen MR) is 83.4 cm³/mol.